The number of halogens is 3. The number of hydrogen-bond donors (Lipinski definition) is 0. The van der Waals surface area contributed by atoms with Gasteiger partial charge in [0.15, 0.2) is 17.5 Å². The van der Waals surface area contributed by atoms with Crippen molar-refractivity contribution in [2.24, 2.45) is 0 Å². The summed E-state index contributed by atoms with van der Waals surface area (Å²) in [5.41, 5.74) is 0.239. The molecule has 0 fully saturated rings. The zero-order valence-electron chi connectivity index (χ0n) is 7.10. The second-order valence-electron chi connectivity index (χ2n) is 2.59. The normalized spacial score (nSPS) is 9.93. The van der Waals surface area contributed by atoms with E-state index in [1.807, 2.05) is 0 Å². The lowest BCUT2D eigenvalue weighted by atomic mass is 10.1. The number of rotatable bonds is 4. The molecule has 0 amide bonds. The Bertz CT molecular complexity index is 316. The Morgan fingerprint density at radius 1 is 1.21 bits per heavy atom. The minimum Gasteiger partial charge on any atom is -0.468 e. The van der Waals surface area contributed by atoms with E-state index in [0.717, 1.165) is 12.1 Å². The van der Waals surface area contributed by atoms with E-state index in [1.165, 1.54) is 0 Å². The van der Waals surface area contributed by atoms with Crippen LogP contribution in [-0.4, -0.2) is 13.1 Å². The maximum atomic E-state index is 12.6. The molecule has 0 N–H and O–H groups in total. The molecule has 0 spiro atoms. The van der Waals surface area contributed by atoms with Crippen molar-refractivity contribution in [1.82, 2.24) is 0 Å². The summed E-state index contributed by atoms with van der Waals surface area (Å²) in [6.45, 7) is 0.240. The van der Waals surface area contributed by atoms with Gasteiger partial charge in [-0.3, -0.25) is 4.79 Å². The highest BCUT2D eigenvalue weighted by molar-refractivity contribution is 5.37. The third kappa shape index (κ3) is 2.48. The third-order valence-corrected chi connectivity index (χ3v) is 1.62. The lowest BCUT2D eigenvalue weighted by Gasteiger charge is -2.02. The van der Waals surface area contributed by atoms with E-state index in [1.54, 1.807) is 0 Å². The summed E-state index contributed by atoms with van der Waals surface area (Å²) in [5, 5.41) is 0. The molecule has 1 rings (SSSR count). The molecular formula is C9H7F3O2. The van der Waals surface area contributed by atoms with Crippen LogP contribution in [-0.2, 0) is 16.0 Å². The van der Waals surface area contributed by atoms with Gasteiger partial charge in [0.25, 0.3) is 6.47 Å². The van der Waals surface area contributed by atoms with Crippen molar-refractivity contribution in [3.63, 3.8) is 0 Å². The Balaban J connectivity index is 2.74. The zero-order valence-corrected chi connectivity index (χ0v) is 7.10. The monoisotopic (exact) mass is 204 g/mol. The number of ether oxygens (including phenoxy) is 1. The van der Waals surface area contributed by atoms with Crippen LogP contribution in [0.4, 0.5) is 13.2 Å². The van der Waals surface area contributed by atoms with E-state index in [0.29, 0.717) is 0 Å². The second kappa shape index (κ2) is 4.64. The maximum absolute atomic E-state index is 12.6. The highest BCUT2D eigenvalue weighted by atomic mass is 19.2. The Kier molecular flexibility index (Phi) is 3.50. The minimum absolute atomic E-state index is 0.00795. The summed E-state index contributed by atoms with van der Waals surface area (Å²) in [7, 11) is 0. The van der Waals surface area contributed by atoms with Gasteiger partial charge in [-0.25, -0.2) is 13.2 Å². The summed E-state index contributed by atoms with van der Waals surface area (Å²) < 4.78 is 42.0. The molecular weight excluding hydrogens is 197 g/mol. The first kappa shape index (κ1) is 10.6. The first-order chi connectivity index (χ1) is 6.65. The van der Waals surface area contributed by atoms with Gasteiger partial charge < -0.3 is 4.74 Å². The van der Waals surface area contributed by atoms with Gasteiger partial charge in [-0.15, -0.1) is 0 Å². The predicted molar refractivity (Wildman–Crippen MR) is 42.0 cm³/mol. The van der Waals surface area contributed by atoms with Crippen molar-refractivity contribution < 1.29 is 22.7 Å². The largest absolute Gasteiger partial charge is 0.468 e. The molecule has 0 aromatic heterocycles. The van der Waals surface area contributed by atoms with Crippen molar-refractivity contribution >= 4 is 6.47 Å². The quantitative estimate of drug-likeness (QED) is 0.425. The van der Waals surface area contributed by atoms with Crippen LogP contribution in [0.5, 0.6) is 0 Å². The van der Waals surface area contributed by atoms with Crippen molar-refractivity contribution in [3.8, 4) is 0 Å². The Morgan fingerprint density at radius 3 is 2.29 bits per heavy atom. The Hall–Kier alpha value is -1.52. The molecule has 0 aliphatic carbocycles. The van der Waals surface area contributed by atoms with Gasteiger partial charge in [-0.2, -0.15) is 0 Å². The third-order valence-electron chi connectivity index (χ3n) is 1.62. The molecule has 0 saturated heterocycles. The van der Waals surface area contributed by atoms with Crippen LogP contribution in [0.25, 0.3) is 0 Å². The summed E-state index contributed by atoms with van der Waals surface area (Å²) in [4.78, 5) is 9.75. The van der Waals surface area contributed by atoms with Gasteiger partial charge in [0.1, 0.15) is 0 Å². The maximum Gasteiger partial charge on any atom is 0.293 e. The molecule has 0 aliphatic rings. The van der Waals surface area contributed by atoms with E-state index >= 15 is 0 Å². The van der Waals surface area contributed by atoms with Gasteiger partial charge in [0.2, 0.25) is 0 Å². The van der Waals surface area contributed by atoms with Gasteiger partial charge in [0, 0.05) is 6.42 Å². The van der Waals surface area contributed by atoms with Crippen molar-refractivity contribution in [1.29, 1.82) is 0 Å². The van der Waals surface area contributed by atoms with E-state index in [-0.39, 0.29) is 25.1 Å². The molecule has 0 heterocycles. The minimum atomic E-state index is -1.50. The Labute approximate surface area is 78.3 Å². The molecule has 5 heteroatoms. The fourth-order valence-corrected chi connectivity index (χ4v) is 0.977. The first-order valence-corrected chi connectivity index (χ1v) is 3.84. The van der Waals surface area contributed by atoms with E-state index in [2.05, 4.69) is 4.74 Å². The van der Waals surface area contributed by atoms with E-state index < -0.39 is 17.5 Å². The lowest BCUT2D eigenvalue weighted by Crippen LogP contribution is -2.00. The molecule has 0 bridgehead atoms. The van der Waals surface area contributed by atoms with Gasteiger partial charge in [-0.05, 0) is 17.7 Å². The highest BCUT2D eigenvalue weighted by Crippen LogP contribution is 2.13. The molecule has 0 aliphatic heterocycles. The van der Waals surface area contributed by atoms with Crippen LogP contribution in [0.2, 0.25) is 0 Å². The molecule has 1 aromatic carbocycles. The summed E-state index contributed by atoms with van der Waals surface area (Å²) >= 11 is 0. The molecule has 0 radical (unpaired) electrons. The average Bonchev–Trinajstić information content (AvgIpc) is 2.14. The van der Waals surface area contributed by atoms with Crippen molar-refractivity contribution in [2.45, 2.75) is 6.42 Å². The SMILES string of the molecule is O=COCCc1cc(F)c(F)c(F)c1. The topological polar surface area (TPSA) is 26.3 Å². The van der Waals surface area contributed by atoms with Crippen LogP contribution in [0, 0.1) is 17.5 Å². The molecule has 14 heavy (non-hydrogen) atoms. The zero-order chi connectivity index (χ0) is 10.6. The molecule has 76 valence electrons. The molecule has 0 atom stereocenters. The van der Waals surface area contributed by atoms with Crippen LogP contribution in [0.1, 0.15) is 5.56 Å². The van der Waals surface area contributed by atoms with Crippen LogP contribution < -0.4 is 0 Å². The number of hydrogen-bond acceptors (Lipinski definition) is 2. The van der Waals surface area contributed by atoms with Crippen LogP contribution in [0.3, 0.4) is 0 Å². The van der Waals surface area contributed by atoms with Crippen LogP contribution >= 0.6 is 0 Å². The fraction of sp³-hybridized carbons (Fsp3) is 0.222. The van der Waals surface area contributed by atoms with E-state index in [4.69, 9.17) is 0 Å². The van der Waals surface area contributed by atoms with Crippen LogP contribution in [0.15, 0.2) is 12.1 Å². The van der Waals surface area contributed by atoms with Gasteiger partial charge >= 0.3 is 0 Å². The smallest absolute Gasteiger partial charge is 0.293 e. The van der Waals surface area contributed by atoms with Crippen molar-refractivity contribution in [3.05, 3.63) is 35.1 Å². The average molecular weight is 204 g/mol. The number of carbonyl (C=O) groups is 1. The molecule has 0 unspecified atom stereocenters. The first-order valence-electron chi connectivity index (χ1n) is 3.84. The second-order valence-corrected chi connectivity index (χ2v) is 2.59. The molecule has 2 nitrogen and oxygen atoms in total. The van der Waals surface area contributed by atoms with E-state index in [9.17, 15) is 18.0 Å². The highest BCUT2D eigenvalue weighted by Gasteiger charge is 2.09. The van der Waals surface area contributed by atoms with Gasteiger partial charge in [-0.1, -0.05) is 0 Å². The van der Waals surface area contributed by atoms with Crippen molar-refractivity contribution in [2.75, 3.05) is 6.61 Å². The Morgan fingerprint density at radius 2 is 1.79 bits per heavy atom. The predicted octanol–water partition coefficient (Wildman–Crippen LogP) is 1.82. The van der Waals surface area contributed by atoms with Gasteiger partial charge in [0.05, 0.1) is 6.61 Å². The summed E-state index contributed by atoms with van der Waals surface area (Å²) in [5.74, 6) is -3.98. The number of benzene rings is 1. The standard InChI is InChI=1S/C9H7F3O2/c10-7-3-6(1-2-14-5-13)4-8(11)9(7)12/h3-5H,1-2H2. The molecule has 1 aromatic rings. The fourth-order valence-electron chi connectivity index (χ4n) is 0.977. The lowest BCUT2D eigenvalue weighted by molar-refractivity contribution is -0.128. The number of carbonyl (C=O) groups excluding carboxylic acids is 1. The summed E-state index contributed by atoms with van der Waals surface area (Å²) in [6.07, 6.45) is 0.146. The summed E-state index contributed by atoms with van der Waals surface area (Å²) in [6, 6.07) is 1.74. The molecule has 0 saturated carbocycles.